The maximum Gasteiger partial charge on any atom is 0.262 e. The Balaban J connectivity index is 1.66. The summed E-state index contributed by atoms with van der Waals surface area (Å²) in [6.45, 7) is 4.42. The van der Waals surface area contributed by atoms with E-state index < -0.39 is 0 Å². The van der Waals surface area contributed by atoms with E-state index in [1.807, 2.05) is 6.92 Å². The van der Waals surface area contributed by atoms with Crippen molar-refractivity contribution in [2.75, 3.05) is 11.4 Å². The molecule has 5 nitrogen and oxygen atoms in total. The Bertz CT molecular complexity index is 1090. The molecule has 0 radical (unpaired) electrons. The van der Waals surface area contributed by atoms with Gasteiger partial charge in [0.25, 0.3) is 5.56 Å². The molecule has 1 amide bonds. The summed E-state index contributed by atoms with van der Waals surface area (Å²) in [5.41, 5.74) is 1.57. The Hall–Kier alpha value is -2.54. The highest BCUT2D eigenvalue weighted by molar-refractivity contribution is 7.18. The van der Waals surface area contributed by atoms with Gasteiger partial charge in [-0.25, -0.2) is 9.37 Å². The lowest BCUT2D eigenvalue weighted by Crippen LogP contribution is -2.36. The number of hydrogen-bond donors (Lipinski definition) is 0. The van der Waals surface area contributed by atoms with Gasteiger partial charge in [0.15, 0.2) is 0 Å². The molecule has 2 aromatic heterocycles. The molecule has 7 heteroatoms. The number of benzene rings is 1. The van der Waals surface area contributed by atoms with Crippen molar-refractivity contribution in [3.63, 3.8) is 0 Å². The lowest BCUT2D eigenvalue weighted by atomic mass is 9.89. The predicted molar refractivity (Wildman–Crippen MR) is 109 cm³/mol. The number of aromatic nitrogens is 2. The number of carbonyl (C=O) groups is 1. The Morgan fingerprint density at radius 1 is 1.36 bits per heavy atom. The highest BCUT2D eigenvalue weighted by Gasteiger charge is 2.24. The Kier molecular flexibility index (Phi) is 5.02. The zero-order valence-electron chi connectivity index (χ0n) is 15.9. The molecule has 146 valence electrons. The standard InChI is InChI=1S/C21H22FN3O2S/c1-3-25(15-7-5-14(22)6-8-15)18(26)11-24-12-23-20-19(21(24)27)16-9-4-13(2)10-17(16)28-20/h5-8,12-13H,3-4,9-11H2,1-2H3/t13-/m0/s1. The fraction of sp³-hybridized carbons (Fsp3) is 0.381. The molecule has 0 aliphatic heterocycles. The molecular formula is C21H22FN3O2S. The first-order valence-corrected chi connectivity index (χ1v) is 10.3. The van der Waals surface area contributed by atoms with E-state index in [1.54, 1.807) is 28.4 Å². The lowest BCUT2D eigenvalue weighted by Gasteiger charge is -2.21. The van der Waals surface area contributed by atoms with E-state index >= 15 is 0 Å². The Morgan fingerprint density at radius 2 is 2.11 bits per heavy atom. The van der Waals surface area contributed by atoms with Gasteiger partial charge in [-0.3, -0.25) is 14.2 Å². The normalized spacial score (nSPS) is 16.2. The van der Waals surface area contributed by atoms with Crippen molar-refractivity contribution in [1.82, 2.24) is 9.55 Å². The minimum atomic E-state index is -0.352. The second kappa shape index (κ2) is 7.47. The van der Waals surface area contributed by atoms with Gasteiger partial charge in [0.2, 0.25) is 5.91 Å². The molecular weight excluding hydrogens is 377 g/mol. The van der Waals surface area contributed by atoms with E-state index in [0.717, 1.165) is 29.7 Å². The number of fused-ring (bicyclic) bond motifs is 3. The average molecular weight is 399 g/mol. The van der Waals surface area contributed by atoms with Crippen molar-refractivity contribution in [2.45, 2.75) is 39.7 Å². The van der Waals surface area contributed by atoms with E-state index in [0.29, 0.717) is 23.5 Å². The van der Waals surface area contributed by atoms with Crippen LogP contribution in [0.4, 0.5) is 10.1 Å². The van der Waals surface area contributed by atoms with E-state index in [1.165, 1.54) is 27.9 Å². The number of rotatable bonds is 4. The fourth-order valence-electron chi connectivity index (χ4n) is 3.83. The highest BCUT2D eigenvalue weighted by Crippen LogP contribution is 2.35. The van der Waals surface area contributed by atoms with Crippen LogP contribution in [-0.4, -0.2) is 22.0 Å². The highest BCUT2D eigenvalue weighted by atomic mass is 32.1. The van der Waals surface area contributed by atoms with Gasteiger partial charge in [-0.1, -0.05) is 6.92 Å². The molecule has 1 aliphatic rings. The van der Waals surface area contributed by atoms with Crippen LogP contribution in [-0.2, 0) is 24.2 Å². The number of likely N-dealkylation sites (N-methyl/N-ethyl adjacent to an activating group) is 1. The number of thiophene rings is 1. The van der Waals surface area contributed by atoms with E-state index in [2.05, 4.69) is 11.9 Å². The second-order valence-corrected chi connectivity index (χ2v) is 8.41. The molecule has 1 aliphatic carbocycles. The monoisotopic (exact) mass is 399 g/mol. The summed E-state index contributed by atoms with van der Waals surface area (Å²) in [5, 5.41) is 0.673. The molecule has 1 atom stereocenters. The van der Waals surface area contributed by atoms with E-state index in [4.69, 9.17) is 0 Å². The van der Waals surface area contributed by atoms with E-state index in [-0.39, 0.29) is 23.8 Å². The summed E-state index contributed by atoms with van der Waals surface area (Å²) in [6.07, 6.45) is 4.41. The summed E-state index contributed by atoms with van der Waals surface area (Å²) >= 11 is 1.60. The number of nitrogens with zero attached hydrogens (tertiary/aromatic N) is 3. The predicted octanol–water partition coefficient (Wildman–Crippen LogP) is 3.78. The van der Waals surface area contributed by atoms with Crippen molar-refractivity contribution >= 4 is 33.1 Å². The number of hydrogen-bond acceptors (Lipinski definition) is 4. The van der Waals surface area contributed by atoms with Crippen LogP contribution in [0.15, 0.2) is 35.4 Å². The van der Waals surface area contributed by atoms with Gasteiger partial charge in [-0.2, -0.15) is 0 Å². The van der Waals surface area contributed by atoms with E-state index in [9.17, 15) is 14.0 Å². The number of amides is 1. The zero-order chi connectivity index (χ0) is 19.8. The molecule has 1 aromatic carbocycles. The van der Waals surface area contributed by atoms with Gasteiger partial charge in [0.05, 0.1) is 11.7 Å². The number of halogens is 1. The first-order valence-electron chi connectivity index (χ1n) is 9.53. The molecule has 0 bridgehead atoms. The largest absolute Gasteiger partial charge is 0.311 e. The van der Waals surface area contributed by atoms with Crippen molar-refractivity contribution in [3.8, 4) is 0 Å². The minimum absolute atomic E-state index is 0.0893. The quantitative estimate of drug-likeness (QED) is 0.671. The Labute approximate surface area is 166 Å². The van der Waals surface area contributed by atoms with Crippen molar-refractivity contribution in [1.29, 1.82) is 0 Å². The van der Waals surface area contributed by atoms with Gasteiger partial charge < -0.3 is 4.90 Å². The summed E-state index contributed by atoms with van der Waals surface area (Å²) in [4.78, 5) is 33.9. The molecule has 28 heavy (non-hydrogen) atoms. The molecule has 4 rings (SSSR count). The van der Waals surface area contributed by atoms with Gasteiger partial charge in [-0.15, -0.1) is 11.3 Å². The van der Waals surface area contributed by atoms with Crippen molar-refractivity contribution < 1.29 is 9.18 Å². The number of anilines is 1. The number of carbonyl (C=O) groups excluding carboxylic acids is 1. The summed E-state index contributed by atoms with van der Waals surface area (Å²) in [7, 11) is 0. The van der Waals surface area contributed by atoms with Gasteiger partial charge >= 0.3 is 0 Å². The maximum atomic E-state index is 13.2. The fourth-order valence-corrected chi connectivity index (χ4v) is 5.17. The molecule has 0 spiro atoms. The molecule has 0 unspecified atom stereocenters. The van der Waals surface area contributed by atoms with Crippen LogP contribution >= 0.6 is 11.3 Å². The minimum Gasteiger partial charge on any atom is -0.311 e. The van der Waals surface area contributed by atoms with Gasteiger partial charge in [-0.05, 0) is 61.9 Å². The van der Waals surface area contributed by atoms with Crippen LogP contribution in [0.5, 0.6) is 0 Å². The zero-order valence-corrected chi connectivity index (χ0v) is 16.8. The average Bonchev–Trinajstić information content (AvgIpc) is 3.04. The van der Waals surface area contributed by atoms with Gasteiger partial charge in [0.1, 0.15) is 17.2 Å². The lowest BCUT2D eigenvalue weighted by molar-refractivity contribution is -0.119. The van der Waals surface area contributed by atoms with Gasteiger partial charge in [0, 0.05) is 17.1 Å². The van der Waals surface area contributed by atoms with Crippen LogP contribution < -0.4 is 10.5 Å². The van der Waals surface area contributed by atoms with Crippen molar-refractivity contribution in [3.05, 3.63) is 57.2 Å². The number of aryl methyl sites for hydroxylation is 1. The van der Waals surface area contributed by atoms with Crippen LogP contribution in [0.2, 0.25) is 0 Å². The summed E-state index contributed by atoms with van der Waals surface area (Å²) < 4.78 is 14.6. The SMILES string of the molecule is CCN(C(=O)Cn1cnc2sc3c(c2c1=O)CC[C@H](C)C3)c1ccc(F)cc1. The molecule has 0 fully saturated rings. The van der Waals surface area contributed by atoms with Crippen LogP contribution in [0.1, 0.15) is 30.7 Å². The van der Waals surface area contributed by atoms with Crippen LogP contribution in [0, 0.1) is 11.7 Å². The molecule has 0 saturated heterocycles. The first kappa shape index (κ1) is 18.8. The molecule has 0 saturated carbocycles. The third-order valence-corrected chi connectivity index (χ3v) is 6.51. The molecule has 3 aromatic rings. The topological polar surface area (TPSA) is 55.2 Å². The summed E-state index contributed by atoms with van der Waals surface area (Å²) in [6, 6.07) is 5.78. The third-order valence-electron chi connectivity index (χ3n) is 5.34. The van der Waals surface area contributed by atoms with Crippen LogP contribution in [0.25, 0.3) is 10.2 Å². The Morgan fingerprint density at radius 3 is 2.82 bits per heavy atom. The smallest absolute Gasteiger partial charge is 0.262 e. The first-order chi connectivity index (χ1) is 13.5. The van der Waals surface area contributed by atoms with Crippen molar-refractivity contribution in [2.24, 2.45) is 5.92 Å². The molecule has 0 N–H and O–H groups in total. The molecule has 2 heterocycles. The summed E-state index contributed by atoms with van der Waals surface area (Å²) in [5.74, 6) is 0.0444. The maximum absolute atomic E-state index is 13.2. The second-order valence-electron chi connectivity index (χ2n) is 7.32. The van der Waals surface area contributed by atoms with Crippen LogP contribution in [0.3, 0.4) is 0 Å². The third kappa shape index (κ3) is 3.35.